The van der Waals surface area contributed by atoms with Gasteiger partial charge in [0.05, 0.1) is 0 Å². The predicted octanol–water partition coefficient (Wildman–Crippen LogP) is 2.21. The zero-order valence-electron chi connectivity index (χ0n) is 15.4. The summed E-state index contributed by atoms with van der Waals surface area (Å²) in [6.07, 6.45) is 3.75. The molecule has 2 saturated heterocycles. The molecule has 1 aromatic rings. The summed E-state index contributed by atoms with van der Waals surface area (Å²) in [5.74, 6) is 0.987. The van der Waals surface area contributed by atoms with Crippen LogP contribution in [0.4, 0.5) is 0 Å². The van der Waals surface area contributed by atoms with Crippen LogP contribution in [-0.2, 0) is 4.79 Å². The topological polar surface area (TPSA) is 53.0 Å². The number of amides is 1. The number of likely N-dealkylation sites (tertiary alicyclic amines) is 2. The minimum Gasteiger partial charge on any atom is -0.491 e. The van der Waals surface area contributed by atoms with Crippen LogP contribution < -0.4 is 4.74 Å². The lowest BCUT2D eigenvalue weighted by molar-refractivity contribution is -0.131. The van der Waals surface area contributed by atoms with Crippen molar-refractivity contribution in [3.63, 3.8) is 0 Å². The van der Waals surface area contributed by atoms with E-state index in [2.05, 4.69) is 4.90 Å². The zero-order valence-corrected chi connectivity index (χ0v) is 15.4. The molecule has 138 valence electrons. The molecule has 0 aromatic heterocycles. The number of aryl methyl sites for hydroxylation is 1. The fourth-order valence-electron chi connectivity index (χ4n) is 4.05. The zero-order chi connectivity index (χ0) is 17.9. The summed E-state index contributed by atoms with van der Waals surface area (Å²) in [6.45, 7) is 7.35. The molecule has 0 aliphatic carbocycles. The van der Waals surface area contributed by atoms with E-state index in [1.807, 2.05) is 36.1 Å². The SMILES string of the molecule is CC(=O)N1CCC(N2CCCC(O)(COc3cccc(C)c3)C2)CC1. The van der Waals surface area contributed by atoms with Crippen LogP contribution in [0.5, 0.6) is 5.75 Å². The number of ether oxygens (including phenoxy) is 1. The Labute approximate surface area is 150 Å². The molecule has 1 aromatic carbocycles. The number of nitrogens with zero attached hydrogens (tertiary/aromatic N) is 2. The molecule has 2 aliphatic rings. The van der Waals surface area contributed by atoms with Crippen LogP contribution in [0.25, 0.3) is 0 Å². The molecule has 0 saturated carbocycles. The fraction of sp³-hybridized carbons (Fsp3) is 0.650. The summed E-state index contributed by atoms with van der Waals surface area (Å²) in [5, 5.41) is 11.0. The Morgan fingerprint density at radius 3 is 2.76 bits per heavy atom. The maximum atomic E-state index is 11.5. The molecule has 2 heterocycles. The highest BCUT2D eigenvalue weighted by molar-refractivity contribution is 5.73. The molecule has 0 spiro atoms. The molecule has 0 bridgehead atoms. The van der Waals surface area contributed by atoms with E-state index in [0.29, 0.717) is 19.2 Å². The van der Waals surface area contributed by atoms with E-state index in [1.165, 1.54) is 0 Å². The molecule has 2 fully saturated rings. The highest BCUT2D eigenvalue weighted by Crippen LogP contribution is 2.27. The molecule has 1 N–H and O–H groups in total. The maximum Gasteiger partial charge on any atom is 0.219 e. The van der Waals surface area contributed by atoms with E-state index in [0.717, 1.165) is 56.6 Å². The summed E-state index contributed by atoms with van der Waals surface area (Å²) in [4.78, 5) is 15.8. The third kappa shape index (κ3) is 4.73. The second-order valence-electron chi connectivity index (χ2n) is 7.64. The van der Waals surface area contributed by atoms with Gasteiger partial charge in [-0.05, 0) is 56.8 Å². The largest absolute Gasteiger partial charge is 0.491 e. The summed E-state index contributed by atoms with van der Waals surface area (Å²) in [6, 6.07) is 8.42. The molecular weight excluding hydrogens is 316 g/mol. The van der Waals surface area contributed by atoms with Gasteiger partial charge in [-0.15, -0.1) is 0 Å². The molecule has 2 aliphatic heterocycles. The number of β-amino-alcohol motifs (C(OH)–C–C–N with tert-alkyl or cyclic N) is 1. The Morgan fingerprint density at radius 1 is 1.32 bits per heavy atom. The van der Waals surface area contributed by atoms with Crippen LogP contribution in [-0.4, -0.2) is 65.2 Å². The molecule has 1 unspecified atom stereocenters. The van der Waals surface area contributed by atoms with Gasteiger partial charge < -0.3 is 14.7 Å². The number of rotatable bonds is 4. The molecular formula is C20H30N2O3. The monoisotopic (exact) mass is 346 g/mol. The molecule has 1 amide bonds. The van der Waals surface area contributed by atoms with Gasteiger partial charge in [0.1, 0.15) is 18.0 Å². The van der Waals surface area contributed by atoms with E-state index in [4.69, 9.17) is 4.74 Å². The molecule has 5 heteroatoms. The molecule has 1 atom stereocenters. The standard InChI is InChI=1S/C20H30N2O3/c1-16-5-3-6-19(13-16)25-15-20(24)9-4-10-22(14-20)18-7-11-21(12-8-18)17(2)23/h3,5-6,13,18,24H,4,7-12,14-15H2,1-2H3. The number of carbonyl (C=O) groups excluding carboxylic acids is 1. The lowest BCUT2D eigenvalue weighted by Gasteiger charge is -2.45. The molecule has 0 radical (unpaired) electrons. The van der Waals surface area contributed by atoms with Crippen LogP contribution in [0, 0.1) is 6.92 Å². The summed E-state index contributed by atoms with van der Waals surface area (Å²) < 4.78 is 5.88. The molecule has 5 nitrogen and oxygen atoms in total. The van der Waals surface area contributed by atoms with Crippen molar-refractivity contribution in [3.05, 3.63) is 29.8 Å². The Balaban J connectivity index is 1.54. The van der Waals surface area contributed by atoms with Gasteiger partial charge >= 0.3 is 0 Å². The van der Waals surface area contributed by atoms with Gasteiger partial charge in [-0.2, -0.15) is 0 Å². The fourth-order valence-corrected chi connectivity index (χ4v) is 4.05. The van der Waals surface area contributed by atoms with Crippen LogP contribution in [0.1, 0.15) is 38.2 Å². The number of hydrogen-bond acceptors (Lipinski definition) is 4. The van der Waals surface area contributed by atoms with E-state index < -0.39 is 5.60 Å². The maximum absolute atomic E-state index is 11.5. The molecule has 25 heavy (non-hydrogen) atoms. The summed E-state index contributed by atoms with van der Waals surface area (Å²) in [5.41, 5.74) is 0.367. The third-order valence-electron chi connectivity index (χ3n) is 5.51. The van der Waals surface area contributed by atoms with Gasteiger partial charge in [-0.3, -0.25) is 9.69 Å². The Morgan fingerprint density at radius 2 is 2.08 bits per heavy atom. The Hall–Kier alpha value is -1.59. The Kier molecular flexibility index (Phi) is 5.64. The lowest BCUT2D eigenvalue weighted by Crippen LogP contribution is -2.56. The van der Waals surface area contributed by atoms with Crippen molar-refractivity contribution in [2.75, 3.05) is 32.8 Å². The van der Waals surface area contributed by atoms with Gasteiger partial charge in [0.25, 0.3) is 0 Å². The second-order valence-corrected chi connectivity index (χ2v) is 7.64. The van der Waals surface area contributed by atoms with Crippen LogP contribution in [0.15, 0.2) is 24.3 Å². The number of aliphatic hydroxyl groups is 1. The average molecular weight is 346 g/mol. The minimum atomic E-state index is -0.792. The quantitative estimate of drug-likeness (QED) is 0.908. The first kappa shape index (κ1) is 18.2. The van der Waals surface area contributed by atoms with Crippen molar-refractivity contribution in [1.29, 1.82) is 0 Å². The first-order chi connectivity index (χ1) is 12.0. The van der Waals surface area contributed by atoms with Crippen LogP contribution in [0.2, 0.25) is 0 Å². The van der Waals surface area contributed by atoms with E-state index >= 15 is 0 Å². The Bertz CT molecular complexity index is 598. The van der Waals surface area contributed by atoms with Gasteiger partial charge in [0.2, 0.25) is 5.91 Å². The lowest BCUT2D eigenvalue weighted by atomic mass is 9.90. The minimum absolute atomic E-state index is 0.167. The first-order valence-corrected chi connectivity index (χ1v) is 9.37. The first-order valence-electron chi connectivity index (χ1n) is 9.37. The summed E-state index contributed by atoms with van der Waals surface area (Å²) >= 11 is 0. The van der Waals surface area contributed by atoms with Crippen LogP contribution >= 0.6 is 0 Å². The van der Waals surface area contributed by atoms with Gasteiger partial charge in [-0.25, -0.2) is 0 Å². The van der Waals surface area contributed by atoms with Crippen LogP contribution in [0.3, 0.4) is 0 Å². The number of carbonyl (C=O) groups is 1. The number of benzene rings is 1. The number of piperidine rings is 2. The smallest absolute Gasteiger partial charge is 0.219 e. The summed E-state index contributed by atoms with van der Waals surface area (Å²) in [7, 11) is 0. The third-order valence-corrected chi connectivity index (χ3v) is 5.51. The normalized spacial score (nSPS) is 25.8. The van der Waals surface area contributed by atoms with Crippen molar-refractivity contribution in [2.45, 2.75) is 51.2 Å². The van der Waals surface area contributed by atoms with Crippen molar-refractivity contribution in [1.82, 2.24) is 9.80 Å². The molecule has 3 rings (SSSR count). The van der Waals surface area contributed by atoms with E-state index in [9.17, 15) is 9.90 Å². The predicted molar refractivity (Wildman–Crippen MR) is 97.7 cm³/mol. The average Bonchev–Trinajstić information content (AvgIpc) is 2.60. The van der Waals surface area contributed by atoms with Crippen molar-refractivity contribution in [2.24, 2.45) is 0 Å². The van der Waals surface area contributed by atoms with Gasteiger partial charge in [-0.1, -0.05) is 12.1 Å². The highest BCUT2D eigenvalue weighted by Gasteiger charge is 2.37. The van der Waals surface area contributed by atoms with E-state index in [1.54, 1.807) is 6.92 Å². The highest BCUT2D eigenvalue weighted by atomic mass is 16.5. The van der Waals surface area contributed by atoms with Crippen molar-refractivity contribution < 1.29 is 14.6 Å². The van der Waals surface area contributed by atoms with Crippen molar-refractivity contribution >= 4 is 5.91 Å². The van der Waals surface area contributed by atoms with E-state index in [-0.39, 0.29) is 5.91 Å². The number of hydrogen-bond donors (Lipinski definition) is 1. The van der Waals surface area contributed by atoms with Crippen molar-refractivity contribution in [3.8, 4) is 5.75 Å². The van der Waals surface area contributed by atoms with Gasteiger partial charge in [0, 0.05) is 32.6 Å². The van der Waals surface area contributed by atoms with Gasteiger partial charge in [0.15, 0.2) is 0 Å². The second kappa shape index (κ2) is 7.75.